The molecule has 3 rings (SSSR count). The Morgan fingerprint density at radius 3 is 2.90 bits per heavy atom. The molecule has 110 valence electrons. The van der Waals surface area contributed by atoms with Crippen molar-refractivity contribution >= 4 is 22.6 Å². The molecular weight excluding hydrogens is 268 g/mol. The third-order valence-corrected chi connectivity index (χ3v) is 4.34. The Kier molecular flexibility index (Phi) is 3.20. The molecule has 1 fully saturated rings. The second-order valence-corrected chi connectivity index (χ2v) is 5.73. The van der Waals surface area contributed by atoms with Gasteiger partial charge in [0.2, 0.25) is 0 Å². The lowest BCUT2D eigenvalue weighted by Gasteiger charge is -2.42. The van der Waals surface area contributed by atoms with Gasteiger partial charge in [-0.05, 0) is 49.8 Å². The number of nitrogens with zero attached hydrogens (tertiary/aromatic N) is 2. The molecule has 5 nitrogen and oxygen atoms in total. The number of carbonyl (C=O) groups is 1. The van der Waals surface area contributed by atoms with Gasteiger partial charge in [-0.25, -0.2) is 9.78 Å². The highest BCUT2D eigenvalue weighted by Gasteiger charge is 2.42. The van der Waals surface area contributed by atoms with Gasteiger partial charge in [-0.15, -0.1) is 0 Å². The summed E-state index contributed by atoms with van der Waals surface area (Å²) in [5.41, 5.74) is -0.953. The molecule has 0 amide bonds. The number of aromatic hydroxyl groups is 1. The first-order valence-corrected chi connectivity index (χ1v) is 7.11. The predicted octanol–water partition coefficient (Wildman–Crippen LogP) is 2.77. The minimum Gasteiger partial charge on any atom is -0.508 e. The van der Waals surface area contributed by atoms with E-state index in [9.17, 15) is 15.0 Å². The van der Waals surface area contributed by atoms with Crippen molar-refractivity contribution in [2.24, 2.45) is 0 Å². The third-order valence-electron chi connectivity index (χ3n) is 4.34. The predicted molar refractivity (Wildman–Crippen MR) is 80.6 cm³/mol. The lowest BCUT2D eigenvalue weighted by Crippen LogP contribution is -2.55. The van der Waals surface area contributed by atoms with E-state index in [4.69, 9.17) is 0 Å². The van der Waals surface area contributed by atoms with Crippen LogP contribution in [0.15, 0.2) is 30.5 Å². The van der Waals surface area contributed by atoms with E-state index >= 15 is 0 Å². The van der Waals surface area contributed by atoms with E-state index in [-0.39, 0.29) is 5.75 Å². The van der Waals surface area contributed by atoms with Crippen LogP contribution < -0.4 is 4.90 Å². The summed E-state index contributed by atoms with van der Waals surface area (Å²) in [4.78, 5) is 18.0. The highest BCUT2D eigenvalue weighted by atomic mass is 16.4. The fourth-order valence-corrected chi connectivity index (χ4v) is 3.04. The quantitative estimate of drug-likeness (QED) is 0.888. The first kappa shape index (κ1) is 13.7. The van der Waals surface area contributed by atoms with E-state index in [1.54, 1.807) is 25.3 Å². The zero-order valence-electron chi connectivity index (χ0n) is 11.9. The number of phenols is 1. The van der Waals surface area contributed by atoms with Gasteiger partial charge in [0, 0.05) is 18.1 Å². The maximum atomic E-state index is 11.7. The Hall–Kier alpha value is -2.30. The van der Waals surface area contributed by atoms with Gasteiger partial charge in [-0.1, -0.05) is 6.07 Å². The largest absolute Gasteiger partial charge is 0.508 e. The Morgan fingerprint density at radius 1 is 1.33 bits per heavy atom. The van der Waals surface area contributed by atoms with Crippen molar-refractivity contribution in [2.45, 2.75) is 31.7 Å². The normalized spacial score (nSPS) is 22.4. The van der Waals surface area contributed by atoms with Crippen LogP contribution in [-0.4, -0.2) is 33.3 Å². The van der Waals surface area contributed by atoms with Crippen molar-refractivity contribution in [3.8, 4) is 5.75 Å². The van der Waals surface area contributed by atoms with Gasteiger partial charge in [0.05, 0.1) is 0 Å². The topological polar surface area (TPSA) is 73.7 Å². The number of aromatic nitrogens is 1. The fraction of sp³-hybridized carbons (Fsp3) is 0.375. The summed E-state index contributed by atoms with van der Waals surface area (Å²) in [6, 6.07) is 6.95. The molecule has 1 aromatic heterocycles. The molecule has 0 aliphatic carbocycles. The van der Waals surface area contributed by atoms with Gasteiger partial charge in [-0.2, -0.15) is 0 Å². The Balaban J connectivity index is 2.18. The molecule has 21 heavy (non-hydrogen) atoms. The number of benzene rings is 1. The van der Waals surface area contributed by atoms with Gasteiger partial charge in [0.15, 0.2) is 0 Å². The van der Waals surface area contributed by atoms with Crippen LogP contribution in [0.2, 0.25) is 0 Å². The van der Waals surface area contributed by atoms with Gasteiger partial charge in [0.1, 0.15) is 17.1 Å². The number of fused-ring (bicyclic) bond motifs is 1. The number of hydrogen-bond donors (Lipinski definition) is 2. The molecule has 2 N–H and O–H groups in total. The van der Waals surface area contributed by atoms with Gasteiger partial charge in [0.25, 0.3) is 0 Å². The van der Waals surface area contributed by atoms with Gasteiger partial charge < -0.3 is 15.1 Å². The number of anilines is 1. The average Bonchev–Trinajstić information content (AvgIpc) is 2.47. The average molecular weight is 286 g/mol. The molecule has 1 aromatic carbocycles. The molecule has 1 unspecified atom stereocenters. The van der Waals surface area contributed by atoms with Gasteiger partial charge in [-0.3, -0.25) is 0 Å². The Labute approximate surface area is 122 Å². The smallest absolute Gasteiger partial charge is 0.329 e. The number of rotatable bonds is 2. The molecule has 1 aliphatic heterocycles. The lowest BCUT2D eigenvalue weighted by molar-refractivity contribution is -0.143. The van der Waals surface area contributed by atoms with Crippen molar-refractivity contribution in [1.82, 2.24) is 4.98 Å². The summed E-state index contributed by atoms with van der Waals surface area (Å²) in [5.74, 6) is -0.0417. The summed E-state index contributed by atoms with van der Waals surface area (Å²) >= 11 is 0. The monoisotopic (exact) mass is 286 g/mol. The second-order valence-electron chi connectivity index (χ2n) is 5.73. The van der Waals surface area contributed by atoms with Crippen molar-refractivity contribution in [3.63, 3.8) is 0 Å². The first-order valence-electron chi connectivity index (χ1n) is 7.11. The highest BCUT2D eigenvalue weighted by Crippen LogP contribution is 2.36. The maximum Gasteiger partial charge on any atom is 0.329 e. The third kappa shape index (κ3) is 2.18. The van der Waals surface area contributed by atoms with Crippen LogP contribution in [0.3, 0.4) is 0 Å². The van der Waals surface area contributed by atoms with Crippen molar-refractivity contribution < 1.29 is 15.0 Å². The van der Waals surface area contributed by atoms with Crippen LogP contribution in [0.4, 0.5) is 5.82 Å². The molecule has 1 saturated heterocycles. The minimum atomic E-state index is -0.953. The van der Waals surface area contributed by atoms with Crippen molar-refractivity contribution in [2.75, 3.05) is 11.4 Å². The molecule has 0 bridgehead atoms. The minimum absolute atomic E-state index is 0.158. The maximum absolute atomic E-state index is 11.7. The van der Waals surface area contributed by atoms with Crippen LogP contribution in [0.1, 0.15) is 26.2 Å². The molecule has 1 atom stereocenters. The zero-order chi connectivity index (χ0) is 15.0. The molecule has 2 aromatic rings. The molecular formula is C16H18N2O3. The Bertz CT molecular complexity index is 701. The Morgan fingerprint density at radius 2 is 2.14 bits per heavy atom. The van der Waals surface area contributed by atoms with Gasteiger partial charge >= 0.3 is 5.97 Å². The van der Waals surface area contributed by atoms with E-state index in [1.807, 2.05) is 17.0 Å². The van der Waals surface area contributed by atoms with E-state index < -0.39 is 11.5 Å². The van der Waals surface area contributed by atoms with E-state index in [0.29, 0.717) is 18.8 Å². The van der Waals surface area contributed by atoms with E-state index in [2.05, 4.69) is 4.98 Å². The standard InChI is InChI=1S/C16H18N2O3/c1-16(15(20)21)7-2-3-9-18(16)14-13-10-12(19)5-4-11(13)6-8-17-14/h4-6,8,10,19H,2-3,7,9H2,1H3,(H,20,21). The SMILES string of the molecule is CC1(C(=O)O)CCCCN1c1nccc2ccc(O)cc12. The summed E-state index contributed by atoms with van der Waals surface area (Å²) in [6.07, 6.45) is 4.12. The molecule has 0 spiro atoms. The first-order chi connectivity index (χ1) is 10.0. The number of aliphatic carboxylic acids is 1. The zero-order valence-corrected chi connectivity index (χ0v) is 11.9. The van der Waals surface area contributed by atoms with E-state index in [0.717, 1.165) is 23.6 Å². The number of phenolic OH excluding ortho intramolecular Hbond substituents is 1. The van der Waals surface area contributed by atoms with Crippen LogP contribution in [0, 0.1) is 0 Å². The molecule has 0 saturated carbocycles. The summed E-state index contributed by atoms with van der Waals surface area (Å²) in [6.45, 7) is 2.41. The molecule has 2 heterocycles. The molecule has 0 radical (unpaired) electrons. The highest BCUT2D eigenvalue weighted by molar-refractivity contribution is 5.95. The van der Waals surface area contributed by atoms with Crippen molar-refractivity contribution in [1.29, 1.82) is 0 Å². The van der Waals surface area contributed by atoms with E-state index in [1.165, 1.54) is 0 Å². The fourth-order valence-electron chi connectivity index (χ4n) is 3.04. The number of piperidine rings is 1. The second kappa shape index (κ2) is 4.91. The van der Waals surface area contributed by atoms with Crippen LogP contribution in [-0.2, 0) is 4.79 Å². The number of carboxylic acid groups (broad SMARTS) is 1. The summed E-state index contributed by atoms with van der Waals surface area (Å²) in [7, 11) is 0. The van der Waals surface area contributed by atoms with Crippen LogP contribution in [0.5, 0.6) is 5.75 Å². The van der Waals surface area contributed by atoms with Crippen LogP contribution in [0.25, 0.3) is 10.8 Å². The summed E-state index contributed by atoms with van der Waals surface area (Å²) < 4.78 is 0. The van der Waals surface area contributed by atoms with Crippen molar-refractivity contribution in [3.05, 3.63) is 30.5 Å². The number of hydrogen-bond acceptors (Lipinski definition) is 4. The lowest BCUT2D eigenvalue weighted by atomic mass is 9.88. The van der Waals surface area contributed by atoms with Crippen LogP contribution >= 0.6 is 0 Å². The summed E-state index contributed by atoms with van der Waals surface area (Å²) in [5, 5.41) is 21.1. The molecule has 5 heteroatoms. The number of carboxylic acids is 1. The molecule has 1 aliphatic rings. The number of pyridine rings is 1.